The quantitative estimate of drug-likeness (QED) is 0.497. The smallest absolute Gasteiger partial charge is 0.424 e. The van der Waals surface area contributed by atoms with Crippen molar-refractivity contribution in [3.05, 3.63) is 11.0 Å². The fraction of sp³-hybridized carbons (Fsp3) is 0.750. The highest BCUT2D eigenvalue weighted by molar-refractivity contribution is 6.50. The molecule has 0 spiro atoms. The minimum atomic E-state index is -1.41. The van der Waals surface area contributed by atoms with Crippen molar-refractivity contribution in [1.29, 1.82) is 0 Å². The molecule has 0 aromatic heterocycles. The Balaban J connectivity index is 3.37. The molecule has 0 aromatic rings. The number of unbranched alkanes of at least 4 members (excludes halogenated alkanes) is 3. The fourth-order valence-corrected chi connectivity index (χ4v) is 1.21. The van der Waals surface area contributed by atoms with E-state index >= 15 is 0 Å². The van der Waals surface area contributed by atoms with Crippen molar-refractivity contribution in [2.45, 2.75) is 39.0 Å². The first-order valence-electron chi connectivity index (χ1n) is 4.39. The molecule has 0 unspecified atom stereocenters. The van der Waals surface area contributed by atoms with Crippen LogP contribution in [0.2, 0.25) is 0 Å². The number of allylic oxidation sites excluding steroid dienone is 1. The van der Waals surface area contributed by atoms with E-state index in [0.717, 1.165) is 19.3 Å². The third-order valence-corrected chi connectivity index (χ3v) is 1.91. The van der Waals surface area contributed by atoms with E-state index in [1.165, 1.54) is 18.8 Å². The van der Waals surface area contributed by atoms with Crippen LogP contribution in [0.4, 0.5) is 0 Å². The zero-order valence-electron chi connectivity index (χ0n) is 7.46. The van der Waals surface area contributed by atoms with Gasteiger partial charge in [-0.1, -0.05) is 37.8 Å². The van der Waals surface area contributed by atoms with Crippen LogP contribution in [0, 0.1) is 0 Å². The molecule has 12 heavy (non-hydrogen) atoms. The van der Waals surface area contributed by atoms with E-state index in [2.05, 4.69) is 6.92 Å². The molecule has 0 aromatic carbocycles. The highest BCUT2D eigenvalue weighted by Crippen LogP contribution is 2.13. The maximum atomic E-state index is 8.52. The molecule has 0 fully saturated rings. The summed E-state index contributed by atoms with van der Waals surface area (Å²) in [4.78, 5) is 0. The molecule has 2 nitrogen and oxygen atoms in total. The Kier molecular flexibility index (Phi) is 7.66. The Labute approximate surface area is 79.4 Å². The predicted octanol–water partition coefficient (Wildman–Crippen LogP) is 2.09. The van der Waals surface area contributed by atoms with Gasteiger partial charge in [0.15, 0.2) is 0 Å². The molecule has 0 aliphatic carbocycles. The average molecular weight is 190 g/mol. The van der Waals surface area contributed by atoms with Gasteiger partial charge >= 0.3 is 7.12 Å². The van der Waals surface area contributed by atoms with E-state index in [4.69, 9.17) is 21.6 Å². The van der Waals surface area contributed by atoms with E-state index in [1.807, 2.05) is 0 Å². The van der Waals surface area contributed by atoms with Gasteiger partial charge in [-0.25, -0.2) is 0 Å². The lowest BCUT2D eigenvalue weighted by Gasteiger charge is -1.98. The van der Waals surface area contributed by atoms with Crippen LogP contribution >= 0.6 is 11.6 Å². The van der Waals surface area contributed by atoms with Gasteiger partial charge in [-0.3, -0.25) is 0 Å². The number of halogens is 1. The van der Waals surface area contributed by atoms with E-state index in [9.17, 15) is 0 Å². The van der Waals surface area contributed by atoms with Gasteiger partial charge in [-0.15, -0.1) is 0 Å². The van der Waals surface area contributed by atoms with Crippen LogP contribution in [-0.2, 0) is 0 Å². The fourth-order valence-electron chi connectivity index (χ4n) is 0.966. The van der Waals surface area contributed by atoms with Gasteiger partial charge in [0, 0.05) is 5.03 Å². The Bertz CT molecular complexity index is 137. The van der Waals surface area contributed by atoms with Gasteiger partial charge in [0.2, 0.25) is 0 Å². The molecule has 70 valence electrons. The first-order chi connectivity index (χ1) is 5.66. The summed E-state index contributed by atoms with van der Waals surface area (Å²) in [5.41, 5.74) is 0. The highest BCUT2D eigenvalue weighted by atomic mass is 35.5. The molecule has 0 saturated carbocycles. The minimum Gasteiger partial charge on any atom is -0.424 e. The van der Waals surface area contributed by atoms with Gasteiger partial charge in [0.1, 0.15) is 0 Å². The van der Waals surface area contributed by atoms with Gasteiger partial charge in [-0.05, 0) is 18.8 Å². The van der Waals surface area contributed by atoms with Gasteiger partial charge in [0.25, 0.3) is 0 Å². The Morgan fingerprint density at radius 2 is 2.00 bits per heavy atom. The molecular weight excluding hydrogens is 174 g/mol. The lowest BCUT2D eigenvalue weighted by molar-refractivity contribution is 0.423. The van der Waals surface area contributed by atoms with E-state index in [1.54, 1.807) is 0 Å². The van der Waals surface area contributed by atoms with Crippen LogP contribution in [0.1, 0.15) is 39.0 Å². The first kappa shape index (κ1) is 12.0. The van der Waals surface area contributed by atoms with Crippen LogP contribution < -0.4 is 0 Å². The van der Waals surface area contributed by atoms with Crippen molar-refractivity contribution >= 4 is 18.7 Å². The lowest BCUT2D eigenvalue weighted by atomic mass is 9.91. The van der Waals surface area contributed by atoms with E-state index in [0.29, 0.717) is 5.03 Å². The molecule has 0 rings (SSSR count). The molecule has 2 N–H and O–H groups in total. The molecule has 4 heteroatoms. The summed E-state index contributed by atoms with van der Waals surface area (Å²) < 4.78 is 0. The summed E-state index contributed by atoms with van der Waals surface area (Å²) in [6.07, 6.45) is 5.34. The van der Waals surface area contributed by atoms with Gasteiger partial charge < -0.3 is 10.0 Å². The SMILES string of the molecule is CCCCCC/C(Cl)=C/B(O)O. The number of hydrogen-bond acceptors (Lipinski definition) is 2. The van der Waals surface area contributed by atoms with Crippen LogP contribution in [0.15, 0.2) is 11.0 Å². The predicted molar refractivity (Wildman–Crippen MR) is 52.9 cm³/mol. The maximum absolute atomic E-state index is 8.52. The third kappa shape index (κ3) is 8.11. The topological polar surface area (TPSA) is 40.5 Å². The molecule has 0 aliphatic heterocycles. The summed E-state index contributed by atoms with van der Waals surface area (Å²) in [6.45, 7) is 2.15. The summed E-state index contributed by atoms with van der Waals surface area (Å²) in [7, 11) is -1.41. The van der Waals surface area contributed by atoms with E-state index in [-0.39, 0.29) is 0 Å². The zero-order valence-corrected chi connectivity index (χ0v) is 8.22. The van der Waals surface area contributed by atoms with E-state index < -0.39 is 7.12 Å². The van der Waals surface area contributed by atoms with Crippen LogP contribution in [0.5, 0.6) is 0 Å². The molecule has 0 amide bonds. The van der Waals surface area contributed by atoms with Crippen molar-refractivity contribution in [3.8, 4) is 0 Å². The molecular formula is C8H16BClO2. The van der Waals surface area contributed by atoms with Crippen LogP contribution in [0.25, 0.3) is 0 Å². The molecule has 0 saturated heterocycles. The molecule has 0 aliphatic rings. The molecule has 0 radical (unpaired) electrons. The summed E-state index contributed by atoms with van der Waals surface area (Å²) >= 11 is 5.70. The number of rotatable bonds is 6. The average Bonchev–Trinajstić information content (AvgIpc) is 1.97. The third-order valence-electron chi connectivity index (χ3n) is 1.60. The van der Waals surface area contributed by atoms with Crippen LogP contribution in [0.3, 0.4) is 0 Å². The summed E-state index contributed by atoms with van der Waals surface area (Å²) in [6, 6.07) is 0. The molecule has 0 bridgehead atoms. The maximum Gasteiger partial charge on any atom is 0.481 e. The second-order valence-electron chi connectivity index (χ2n) is 2.84. The second-order valence-corrected chi connectivity index (χ2v) is 3.32. The van der Waals surface area contributed by atoms with Gasteiger partial charge in [0.05, 0.1) is 0 Å². The highest BCUT2D eigenvalue weighted by Gasteiger charge is 2.02. The summed E-state index contributed by atoms with van der Waals surface area (Å²) in [5.74, 6) is 1.26. The Morgan fingerprint density at radius 3 is 2.50 bits per heavy atom. The standard InChI is InChI=1S/C8H16BClO2/c1-2-3-4-5-6-8(10)7-9(11)12/h7,11-12H,2-6H2,1H3/b8-7-. The van der Waals surface area contributed by atoms with Crippen molar-refractivity contribution in [2.75, 3.05) is 0 Å². The number of hydrogen-bond donors (Lipinski definition) is 2. The second kappa shape index (κ2) is 7.65. The first-order valence-corrected chi connectivity index (χ1v) is 4.77. The minimum absolute atomic E-state index is 0.543. The van der Waals surface area contributed by atoms with Crippen molar-refractivity contribution < 1.29 is 10.0 Å². The normalized spacial score (nSPS) is 11.8. The summed E-state index contributed by atoms with van der Waals surface area (Å²) in [5, 5.41) is 17.6. The lowest BCUT2D eigenvalue weighted by Crippen LogP contribution is -2.06. The largest absolute Gasteiger partial charge is 0.481 e. The Hall–Kier alpha value is 0.0149. The van der Waals surface area contributed by atoms with Crippen molar-refractivity contribution in [1.82, 2.24) is 0 Å². The zero-order chi connectivity index (χ0) is 9.40. The van der Waals surface area contributed by atoms with Crippen molar-refractivity contribution in [2.24, 2.45) is 0 Å². The molecule has 0 atom stereocenters. The Morgan fingerprint density at radius 1 is 1.33 bits per heavy atom. The van der Waals surface area contributed by atoms with Gasteiger partial charge in [-0.2, -0.15) is 0 Å². The van der Waals surface area contributed by atoms with Crippen molar-refractivity contribution in [3.63, 3.8) is 0 Å². The van der Waals surface area contributed by atoms with Crippen LogP contribution in [-0.4, -0.2) is 17.2 Å². The monoisotopic (exact) mass is 190 g/mol. The molecule has 0 heterocycles.